The van der Waals surface area contributed by atoms with Crippen molar-refractivity contribution in [2.24, 2.45) is 0 Å². The summed E-state index contributed by atoms with van der Waals surface area (Å²) in [5.74, 6) is -0.0388. The summed E-state index contributed by atoms with van der Waals surface area (Å²) in [4.78, 5) is 24.6. The van der Waals surface area contributed by atoms with Gasteiger partial charge in [-0.25, -0.2) is 0 Å². The number of rotatable bonds is 9. The van der Waals surface area contributed by atoms with Crippen molar-refractivity contribution in [3.8, 4) is 5.75 Å². The molecule has 0 saturated heterocycles. The number of carbonyl (C=O) groups excluding carboxylic acids is 2. The second-order valence-corrected chi connectivity index (χ2v) is 7.82. The molecule has 2 aromatic carbocycles. The predicted octanol–water partition coefficient (Wildman–Crippen LogP) is 4.55. The van der Waals surface area contributed by atoms with E-state index in [4.69, 9.17) is 16.3 Å². The van der Waals surface area contributed by atoms with E-state index in [1.54, 1.807) is 24.3 Å². The highest BCUT2D eigenvalue weighted by molar-refractivity contribution is 7.15. The Bertz CT molecular complexity index is 1010. The number of carbonyl (C=O) groups is 2. The number of ether oxygens (including phenoxy) is 1. The van der Waals surface area contributed by atoms with E-state index in [1.807, 2.05) is 24.3 Å². The molecule has 0 saturated carbocycles. The average Bonchev–Trinajstić information content (AvgIpc) is 3.24. The molecule has 0 aliphatic carbocycles. The van der Waals surface area contributed by atoms with Gasteiger partial charge in [0.15, 0.2) is 0 Å². The van der Waals surface area contributed by atoms with Crippen LogP contribution in [-0.2, 0) is 6.54 Å². The van der Waals surface area contributed by atoms with Gasteiger partial charge in [-0.1, -0.05) is 54.5 Å². The summed E-state index contributed by atoms with van der Waals surface area (Å²) in [6, 6.07) is 14.3. The fourth-order valence-corrected chi connectivity index (χ4v) is 3.30. The molecule has 1 aromatic heterocycles. The number of aromatic nitrogens is 2. The van der Waals surface area contributed by atoms with Crippen LogP contribution in [0.25, 0.3) is 0 Å². The first-order valence-corrected chi connectivity index (χ1v) is 10.6. The van der Waals surface area contributed by atoms with Crippen LogP contribution in [0.4, 0.5) is 5.69 Å². The number of anilines is 1. The van der Waals surface area contributed by atoms with Gasteiger partial charge in [-0.15, -0.1) is 10.2 Å². The zero-order valence-corrected chi connectivity index (χ0v) is 17.9. The highest BCUT2D eigenvalue weighted by Gasteiger charge is 2.17. The highest BCUT2D eigenvalue weighted by atomic mass is 35.5. The van der Waals surface area contributed by atoms with Crippen LogP contribution in [0.2, 0.25) is 5.02 Å². The van der Waals surface area contributed by atoms with Gasteiger partial charge >= 0.3 is 0 Å². The number of hydrogen-bond donors (Lipinski definition) is 2. The minimum atomic E-state index is -0.451. The number of benzene rings is 2. The van der Waals surface area contributed by atoms with Gasteiger partial charge in [0.05, 0.1) is 6.61 Å². The summed E-state index contributed by atoms with van der Waals surface area (Å²) < 4.78 is 5.62. The number of amides is 2. The van der Waals surface area contributed by atoms with Gasteiger partial charge < -0.3 is 15.4 Å². The summed E-state index contributed by atoms with van der Waals surface area (Å²) in [6.07, 6.45) is 2.10. The second-order valence-electron chi connectivity index (χ2n) is 6.41. The molecular weight excluding hydrogens is 424 g/mol. The van der Waals surface area contributed by atoms with Crippen LogP contribution in [0.3, 0.4) is 0 Å². The normalized spacial score (nSPS) is 10.5. The van der Waals surface area contributed by atoms with Crippen molar-refractivity contribution in [3.05, 3.63) is 69.1 Å². The predicted molar refractivity (Wildman–Crippen MR) is 117 cm³/mol. The van der Waals surface area contributed by atoms with Crippen molar-refractivity contribution in [2.45, 2.75) is 26.3 Å². The monoisotopic (exact) mass is 444 g/mol. The molecule has 3 aromatic rings. The third-order valence-corrected chi connectivity index (χ3v) is 5.19. The Balaban J connectivity index is 1.51. The fourth-order valence-electron chi connectivity index (χ4n) is 2.45. The molecule has 3 rings (SSSR count). The molecule has 2 amide bonds. The van der Waals surface area contributed by atoms with E-state index in [0.717, 1.165) is 35.5 Å². The summed E-state index contributed by atoms with van der Waals surface area (Å²) in [5.41, 5.74) is 1.46. The Morgan fingerprint density at radius 2 is 1.80 bits per heavy atom. The number of nitrogens with zero attached hydrogens (tertiary/aromatic N) is 2. The van der Waals surface area contributed by atoms with Crippen LogP contribution in [0.15, 0.2) is 48.5 Å². The van der Waals surface area contributed by atoms with E-state index in [2.05, 4.69) is 27.8 Å². The van der Waals surface area contributed by atoms with E-state index in [-0.39, 0.29) is 10.0 Å². The molecule has 0 bridgehead atoms. The minimum absolute atomic E-state index is 0.0914. The summed E-state index contributed by atoms with van der Waals surface area (Å²) in [7, 11) is 0. The van der Waals surface area contributed by atoms with Crippen molar-refractivity contribution >= 4 is 40.4 Å². The Morgan fingerprint density at radius 1 is 1.07 bits per heavy atom. The Kier molecular flexibility index (Phi) is 7.75. The van der Waals surface area contributed by atoms with E-state index in [9.17, 15) is 9.59 Å². The van der Waals surface area contributed by atoms with Crippen LogP contribution in [-0.4, -0.2) is 28.6 Å². The second kappa shape index (κ2) is 10.7. The van der Waals surface area contributed by atoms with Gasteiger partial charge in [0, 0.05) is 17.3 Å². The lowest BCUT2D eigenvalue weighted by atomic mass is 10.2. The lowest BCUT2D eigenvalue weighted by Crippen LogP contribution is -2.22. The zero-order valence-electron chi connectivity index (χ0n) is 16.4. The quantitative estimate of drug-likeness (QED) is 0.472. The largest absolute Gasteiger partial charge is 0.494 e. The number of unbranched alkanes of at least 4 members (excludes halogenated alkanes) is 1. The van der Waals surface area contributed by atoms with Crippen LogP contribution in [0.5, 0.6) is 5.75 Å². The van der Waals surface area contributed by atoms with Gasteiger partial charge in [-0.05, 0) is 42.3 Å². The smallest absolute Gasteiger partial charge is 0.286 e. The molecule has 2 N–H and O–H groups in total. The molecule has 156 valence electrons. The summed E-state index contributed by atoms with van der Waals surface area (Å²) >= 11 is 6.83. The highest BCUT2D eigenvalue weighted by Crippen LogP contribution is 2.17. The van der Waals surface area contributed by atoms with Crippen molar-refractivity contribution in [2.75, 3.05) is 11.9 Å². The molecule has 0 spiro atoms. The summed E-state index contributed by atoms with van der Waals surface area (Å²) in [6.45, 7) is 3.14. The Hall–Kier alpha value is -2.97. The molecule has 0 unspecified atom stereocenters. The van der Waals surface area contributed by atoms with Crippen LogP contribution >= 0.6 is 22.9 Å². The van der Waals surface area contributed by atoms with Crippen molar-refractivity contribution in [3.63, 3.8) is 0 Å². The standard InChI is InChI=1S/C21H21ClN4O3S/c1-2-3-11-29-17-9-7-14(8-10-17)13-23-18(27)20-25-26-21(30-20)19(28)24-16-6-4-5-15(22)12-16/h4-10,12H,2-3,11,13H2,1H3,(H,23,27)(H,24,28). The first kappa shape index (κ1) is 21.7. The van der Waals surface area contributed by atoms with E-state index in [0.29, 0.717) is 23.9 Å². The topological polar surface area (TPSA) is 93.2 Å². The van der Waals surface area contributed by atoms with E-state index >= 15 is 0 Å². The average molecular weight is 445 g/mol. The van der Waals surface area contributed by atoms with E-state index in [1.165, 1.54) is 0 Å². The van der Waals surface area contributed by atoms with Gasteiger partial charge in [0.2, 0.25) is 10.0 Å². The molecule has 0 atom stereocenters. The molecule has 0 radical (unpaired) electrons. The van der Waals surface area contributed by atoms with Gasteiger partial charge in [-0.3, -0.25) is 9.59 Å². The van der Waals surface area contributed by atoms with Crippen LogP contribution < -0.4 is 15.4 Å². The molecule has 7 nitrogen and oxygen atoms in total. The van der Waals surface area contributed by atoms with Gasteiger partial charge in [0.1, 0.15) is 5.75 Å². The maximum absolute atomic E-state index is 12.3. The third-order valence-electron chi connectivity index (χ3n) is 4.04. The molecule has 30 heavy (non-hydrogen) atoms. The summed E-state index contributed by atoms with van der Waals surface area (Å²) in [5, 5.41) is 13.8. The fraction of sp³-hybridized carbons (Fsp3) is 0.238. The SMILES string of the molecule is CCCCOc1ccc(CNC(=O)c2nnc(C(=O)Nc3cccc(Cl)c3)s2)cc1. The lowest BCUT2D eigenvalue weighted by Gasteiger charge is -2.07. The lowest BCUT2D eigenvalue weighted by molar-refractivity contribution is 0.0948. The molecular formula is C21H21ClN4O3S. The zero-order chi connectivity index (χ0) is 21.3. The first-order valence-electron chi connectivity index (χ1n) is 9.45. The Morgan fingerprint density at radius 3 is 2.50 bits per heavy atom. The molecule has 0 aliphatic rings. The number of halogens is 1. The van der Waals surface area contributed by atoms with Gasteiger partial charge in [-0.2, -0.15) is 0 Å². The van der Waals surface area contributed by atoms with Crippen molar-refractivity contribution in [1.82, 2.24) is 15.5 Å². The maximum Gasteiger partial charge on any atom is 0.286 e. The molecule has 0 fully saturated rings. The van der Waals surface area contributed by atoms with Crippen LogP contribution in [0, 0.1) is 0 Å². The van der Waals surface area contributed by atoms with Crippen molar-refractivity contribution < 1.29 is 14.3 Å². The molecule has 0 aliphatic heterocycles. The minimum Gasteiger partial charge on any atom is -0.494 e. The molecule has 9 heteroatoms. The number of nitrogens with one attached hydrogen (secondary N) is 2. The maximum atomic E-state index is 12.3. The van der Waals surface area contributed by atoms with Crippen molar-refractivity contribution in [1.29, 1.82) is 0 Å². The number of hydrogen-bond acceptors (Lipinski definition) is 6. The molecule has 1 heterocycles. The van der Waals surface area contributed by atoms with Crippen LogP contribution in [0.1, 0.15) is 44.9 Å². The van der Waals surface area contributed by atoms with Gasteiger partial charge in [0.25, 0.3) is 11.8 Å². The first-order chi connectivity index (χ1) is 14.5. The van der Waals surface area contributed by atoms with E-state index < -0.39 is 11.8 Å². The Labute approximate surface area is 183 Å². The third kappa shape index (κ3) is 6.27.